The Bertz CT molecular complexity index is 1690. The molecule has 57 heavy (non-hydrogen) atoms. The second-order valence-corrected chi connectivity index (χ2v) is 21.3. The normalized spacial score (nSPS) is 44.3. The fourth-order valence-electron chi connectivity index (χ4n) is 15.7. The Morgan fingerprint density at radius 2 is 1.37 bits per heavy atom. The first-order chi connectivity index (χ1) is 26.9. The van der Waals surface area contributed by atoms with Crippen LogP contribution in [0.3, 0.4) is 0 Å². The molecule has 0 spiro atoms. The van der Waals surface area contributed by atoms with Gasteiger partial charge in [-0.1, -0.05) is 72.0 Å². The van der Waals surface area contributed by atoms with E-state index >= 15 is 0 Å². The molecule has 7 nitrogen and oxygen atoms in total. The maximum atomic E-state index is 12.8. The third-order valence-corrected chi connectivity index (χ3v) is 18.7. The van der Waals surface area contributed by atoms with Crippen LogP contribution in [-0.4, -0.2) is 41.0 Å². The molecule has 316 valence electrons. The lowest BCUT2D eigenvalue weighted by atomic mass is 9.44. The van der Waals surface area contributed by atoms with E-state index < -0.39 is 5.60 Å². The molecule has 8 aliphatic carbocycles. The Hall–Kier alpha value is -2.57. The predicted octanol–water partition coefficient (Wildman–Crippen LogP) is 11.1. The van der Waals surface area contributed by atoms with E-state index in [1.165, 1.54) is 56.6 Å². The van der Waals surface area contributed by atoms with Gasteiger partial charge in [-0.15, -0.1) is 0 Å². The Balaban J connectivity index is 0.000000174. The molecule has 8 rings (SSSR count). The smallest absolute Gasteiger partial charge is 0.306 e. The van der Waals surface area contributed by atoms with Crippen molar-refractivity contribution >= 4 is 29.3 Å². The summed E-state index contributed by atoms with van der Waals surface area (Å²) in [4.78, 5) is 61.3. The summed E-state index contributed by atoms with van der Waals surface area (Å²) in [6.07, 6.45) is 24.1. The van der Waals surface area contributed by atoms with Crippen LogP contribution < -0.4 is 0 Å². The lowest BCUT2D eigenvalue weighted by molar-refractivity contribution is -0.187. The largest absolute Gasteiger partial charge is 0.462 e. The second kappa shape index (κ2) is 15.8. The summed E-state index contributed by atoms with van der Waals surface area (Å²) in [7, 11) is 0. The molecule has 13 atom stereocenters. The molecule has 8 aliphatic rings. The topological polar surface area (TPSA) is 104 Å². The average Bonchev–Trinajstić information content (AvgIpc) is 3.65. The van der Waals surface area contributed by atoms with Crippen LogP contribution in [-0.2, 0) is 33.4 Å². The summed E-state index contributed by atoms with van der Waals surface area (Å²) in [6, 6.07) is 0. The number of ketones is 3. The molecule has 0 aromatic rings. The van der Waals surface area contributed by atoms with Gasteiger partial charge in [0.1, 0.15) is 6.10 Å². The summed E-state index contributed by atoms with van der Waals surface area (Å²) in [6.45, 7) is 16.9. The Labute approximate surface area is 343 Å². The van der Waals surface area contributed by atoms with Gasteiger partial charge in [0.2, 0.25) is 0 Å². The van der Waals surface area contributed by atoms with E-state index in [-0.39, 0.29) is 51.3 Å². The lowest BCUT2D eigenvalue weighted by Gasteiger charge is -2.60. The third kappa shape index (κ3) is 7.07. The molecule has 0 bridgehead atoms. The fourth-order valence-corrected chi connectivity index (χ4v) is 15.7. The summed E-state index contributed by atoms with van der Waals surface area (Å²) < 4.78 is 11.9. The van der Waals surface area contributed by atoms with Crippen molar-refractivity contribution in [2.75, 3.05) is 0 Å². The van der Waals surface area contributed by atoms with Crippen LogP contribution in [0.1, 0.15) is 184 Å². The van der Waals surface area contributed by atoms with Crippen molar-refractivity contribution in [1.29, 1.82) is 0 Å². The highest BCUT2D eigenvalue weighted by Crippen LogP contribution is 2.69. The first kappa shape index (κ1) is 42.6. The van der Waals surface area contributed by atoms with Crippen molar-refractivity contribution in [3.63, 3.8) is 0 Å². The van der Waals surface area contributed by atoms with E-state index in [9.17, 15) is 24.0 Å². The Kier molecular flexibility index (Phi) is 11.8. The quantitative estimate of drug-likeness (QED) is 0.178. The monoisotopic (exact) mass is 787 g/mol. The molecule has 0 aliphatic heterocycles. The number of ether oxygens (including phenoxy) is 2. The number of hydrogen-bond acceptors (Lipinski definition) is 7. The van der Waals surface area contributed by atoms with Crippen molar-refractivity contribution in [3.8, 4) is 0 Å². The molecule has 0 N–H and O–H groups in total. The number of rotatable bonds is 8. The van der Waals surface area contributed by atoms with E-state index in [4.69, 9.17) is 9.47 Å². The van der Waals surface area contributed by atoms with Crippen molar-refractivity contribution in [2.24, 2.45) is 63.1 Å². The molecule has 6 fully saturated rings. The predicted molar refractivity (Wildman–Crippen MR) is 222 cm³/mol. The summed E-state index contributed by atoms with van der Waals surface area (Å²) in [5.74, 6) is 4.30. The number of hydrogen-bond donors (Lipinski definition) is 0. The van der Waals surface area contributed by atoms with Crippen LogP contribution in [0.4, 0.5) is 0 Å². The summed E-state index contributed by atoms with van der Waals surface area (Å²) >= 11 is 0. The van der Waals surface area contributed by atoms with E-state index in [1.54, 1.807) is 6.92 Å². The van der Waals surface area contributed by atoms with Crippen molar-refractivity contribution in [2.45, 2.75) is 196 Å². The summed E-state index contributed by atoms with van der Waals surface area (Å²) in [5, 5.41) is 0. The van der Waals surface area contributed by atoms with Crippen LogP contribution in [0.25, 0.3) is 0 Å². The van der Waals surface area contributed by atoms with Crippen molar-refractivity contribution in [1.82, 2.24) is 0 Å². The van der Waals surface area contributed by atoms with Crippen LogP contribution >= 0.6 is 0 Å². The van der Waals surface area contributed by atoms with E-state index in [0.29, 0.717) is 60.6 Å². The van der Waals surface area contributed by atoms with Crippen molar-refractivity contribution < 1.29 is 33.4 Å². The van der Waals surface area contributed by atoms with Gasteiger partial charge < -0.3 is 9.47 Å². The number of allylic oxidation sites excluding steroid dienone is 2. The zero-order valence-corrected chi connectivity index (χ0v) is 36.8. The molecule has 0 amide bonds. The zero-order valence-electron chi connectivity index (χ0n) is 36.8. The number of unbranched alkanes of at least 4 members (excludes halogenated alkanes) is 3. The van der Waals surface area contributed by atoms with Crippen LogP contribution in [0, 0.1) is 63.1 Å². The second-order valence-electron chi connectivity index (χ2n) is 21.3. The van der Waals surface area contributed by atoms with Gasteiger partial charge in [0.25, 0.3) is 0 Å². The minimum absolute atomic E-state index is 0.00469. The summed E-state index contributed by atoms with van der Waals surface area (Å²) in [5.41, 5.74) is 2.04. The SMILES string of the molecule is CC(=O)OC1(C(C)=O)CC[C@H]2[C@@H]3C[C@H](C)C4=CC(=O)CC[C@]4(C)[C@H]3CC[C@@]21C.CCCCCCC(=O)O[C@H]1CC[C@H]2[C@@H]3CCC4=CC(=O)CC[C@]4(C)[C@H]3CC[C@]12C. The van der Waals surface area contributed by atoms with Gasteiger partial charge in [-0.25, -0.2) is 0 Å². The third-order valence-electron chi connectivity index (χ3n) is 18.7. The molecule has 0 saturated heterocycles. The Morgan fingerprint density at radius 1 is 0.702 bits per heavy atom. The highest BCUT2D eigenvalue weighted by atomic mass is 16.6. The van der Waals surface area contributed by atoms with Gasteiger partial charge in [0, 0.05) is 37.0 Å². The van der Waals surface area contributed by atoms with E-state index in [1.807, 2.05) is 12.2 Å². The molecule has 1 unspecified atom stereocenters. The van der Waals surface area contributed by atoms with Gasteiger partial charge in [0.15, 0.2) is 23.0 Å². The van der Waals surface area contributed by atoms with Gasteiger partial charge in [-0.2, -0.15) is 0 Å². The van der Waals surface area contributed by atoms with E-state index in [0.717, 1.165) is 76.5 Å². The van der Waals surface area contributed by atoms with Crippen LogP contribution in [0.5, 0.6) is 0 Å². The number of carbonyl (C=O) groups is 5. The van der Waals surface area contributed by atoms with Crippen LogP contribution in [0.15, 0.2) is 23.3 Å². The van der Waals surface area contributed by atoms with Gasteiger partial charge in [-0.3, -0.25) is 24.0 Å². The fraction of sp³-hybridized carbons (Fsp3) is 0.820. The molecule has 0 radical (unpaired) electrons. The van der Waals surface area contributed by atoms with Gasteiger partial charge in [0.05, 0.1) is 0 Å². The van der Waals surface area contributed by atoms with Gasteiger partial charge in [-0.05, 0) is 161 Å². The van der Waals surface area contributed by atoms with Crippen LogP contribution in [0.2, 0.25) is 0 Å². The highest BCUT2D eigenvalue weighted by molar-refractivity contribution is 5.92. The number of carbonyl (C=O) groups excluding carboxylic acids is 5. The average molecular weight is 787 g/mol. The lowest BCUT2D eigenvalue weighted by Crippen LogP contribution is -2.59. The molecule has 0 heterocycles. The molecule has 0 aromatic carbocycles. The van der Waals surface area contributed by atoms with Gasteiger partial charge >= 0.3 is 11.9 Å². The molecular weight excluding hydrogens is 713 g/mol. The minimum atomic E-state index is -0.961. The zero-order chi connectivity index (χ0) is 41.1. The molecule has 6 saturated carbocycles. The van der Waals surface area contributed by atoms with E-state index in [2.05, 4.69) is 41.5 Å². The highest BCUT2D eigenvalue weighted by Gasteiger charge is 2.68. The number of fused-ring (bicyclic) bond motifs is 10. The standard InChI is InChI=1S/C26H40O3.C24H34O4/c1-4-5-6-7-8-24(28)29-23-12-11-21-20-10-9-18-17-19(27)13-15-25(18,2)22(20)14-16-26(21,23)3;1-14-12-18-19(22(4)9-6-17(27)13-21(14)22)7-10-23(5)20(18)8-11-24(23,15(2)25)28-16(3)26/h17,20-23H,4-16H2,1-3H3;13-14,18-20H,6-12H2,1-5H3/t20-,21-,22-,23-,25-,26-;14-,18+,19-,20-,22+,23-,24?/m00/s1. The molecule has 0 aromatic heterocycles. The van der Waals surface area contributed by atoms with Crippen molar-refractivity contribution in [3.05, 3.63) is 23.3 Å². The molecular formula is C50H74O7. The maximum Gasteiger partial charge on any atom is 0.306 e. The first-order valence-corrected chi connectivity index (χ1v) is 23.3. The number of esters is 2. The Morgan fingerprint density at radius 3 is 2.07 bits per heavy atom. The maximum absolute atomic E-state index is 12.8. The number of Topliss-reactive ketones (excluding diaryl/α,β-unsaturated/α-hetero) is 1. The minimum Gasteiger partial charge on any atom is -0.462 e. The molecule has 7 heteroatoms. The first-order valence-electron chi connectivity index (χ1n) is 23.3.